The first kappa shape index (κ1) is 9.47. The minimum Gasteiger partial charge on any atom is -0.316 e. The minimum absolute atomic E-state index is 0.641. The Morgan fingerprint density at radius 3 is 2.69 bits per heavy atom. The Hall–Kier alpha value is -0.0800. The molecule has 76 valence electrons. The number of piperidine rings is 1. The normalized spacial score (nSPS) is 36.2. The van der Waals surface area contributed by atoms with Crippen LogP contribution in [-0.4, -0.2) is 37.1 Å². The lowest BCUT2D eigenvalue weighted by atomic mass is 9.80. The van der Waals surface area contributed by atoms with E-state index >= 15 is 0 Å². The Balaban J connectivity index is 1.94. The Bertz CT molecular complexity index is 171. The molecule has 2 aliphatic rings. The van der Waals surface area contributed by atoms with Gasteiger partial charge in [-0.1, -0.05) is 0 Å². The Labute approximate surface area is 81.7 Å². The van der Waals surface area contributed by atoms with Gasteiger partial charge >= 0.3 is 0 Å². The van der Waals surface area contributed by atoms with Crippen molar-refractivity contribution in [1.29, 1.82) is 0 Å². The standard InChI is InChI=1S/C11H22N2/c1-10(2)13-7-5-11(9-13)4-3-6-12-8-11/h10,12H,3-9H2,1-2H3. The molecule has 2 heteroatoms. The molecular formula is C11H22N2. The van der Waals surface area contributed by atoms with Crippen molar-refractivity contribution in [2.45, 2.75) is 39.2 Å². The van der Waals surface area contributed by atoms with E-state index in [1.54, 1.807) is 0 Å². The predicted molar refractivity (Wildman–Crippen MR) is 55.9 cm³/mol. The fourth-order valence-electron chi connectivity index (χ4n) is 2.79. The van der Waals surface area contributed by atoms with Gasteiger partial charge in [-0.05, 0) is 51.6 Å². The molecule has 2 saturated heterocycles. The van der Waals surface area contributed by atoms with Crippen molar-refractivity contribution in [2.24, 2.45) is 5.41 Å². The molecular weight excluding hydrogens is 160 g/mol. The van der Waals surface area contributed by atoms with Crippen LogP contribution in [0.2, 0.25) is 0 Å². The van der Waals surface area contributed by atoms with Gasteiger partial charge in [-0.3, -0.25) is 0 Å². The van der Waals surface area contributed by atoms with E-state index in [2.05, 4.69) is 24.1 Å². The summed E-state index contributed by atoms with van der Waals surface area (Å²) in [6.07, 6.45) is 4.24. The van der Waals surface area contributed by atoms with E-state index in [1.165, 1.54) is 45.4 Å². The molecule has 13 heavy (non-hydrogen) atoms. The molecule has 0 amide bonds. The summed E-state index contributed by atoms with van der Waals surface area (Å²) in [7, 11) is 0. The molecule has 1 unspecified atom stereocenters. The van der Waals surface area contributed by atoms with Gasteiger partial charge in [-0.2, -0.15) is 0 Å². The first-order chi connectivity index (χ1) is 6.22. The van der Waals surface area contributed by atoms with Crippen molar-refractivity contribution in [3.8, 4) is 0 Å². The fraction of sp³-hybridized carbons (Fsp3) is 1.00. The molecule has 2 rings (SSSR count). The van der Waals surface area contributed by atoms with Crippen LogP contribution in [0, 0.1) is 5.41 Å². The molecule has 2 nitrogen and oxygen atoms in total. The van der Waals surface area contributed by atoms with Gasteiger partial charge in [0.15, 0.2) is 0 Å². The van der Waals surface area contributed by atoms with Crippen molar-refractivity contribution in [3.63, 3.8) is 0 Å². The van der Waals surface area contributed by atoms with Gasteiger partial charge in [0.05, 0.1) is 0 Å². The third kappa shape index (κ3) is 1.89. The quantitative estimate of drug-likeness (QED) is 0.660. The third-order valence-corrected chi connectivity index (χ3v) is 3.76. The molecule has 1 atom stereocenters. The summed E-state index contributed by atoms with van der Waals surface area (Å²) < 4.78 is 0. The topological polar surface area (TPSA) is 15.3 Å². The highest BCUT2D eigenvalue weighted by Gasteiger charge is 2.39. The van der Waals surface area contributed by atoms with Gasteiger partial charge in [0.1, 0.15) is 0 Å². The van der Waals surface area contributed by atoms with Gasteiger partial charge in [0.25, 0.3) is 0 Å². The Morgan fingerprint density at radius 2 is 2.15 bits per heavy atom. The molecule has 0 bridgehead atoms. The molecule has 0 aromatic rings. The molecule has 0 aromatic carbocycles. The first-order valence-corrected chi connectivity index (χ1v) is 5.67. The summed E-state index contributed by atoms with van der Waals surface area (Å²) in [4.78, 5) is 2.63. The zero-order valence-corrected chi connectivity index (χ0v) is 8.97. The Kier molecular flexibility index (Phi) is 2.61. The van der Waals surface area contributed by atoms with Crippen LogP contribution < -0.4 is 5.32 Å². The van der Waals surface area contributed by atoms with Crippen molar-refractivity contribution in [3.05, 3.63) is 0 Å². The minimum atomic E-state index is 0.641. The van der Waals surface area contributed by atoms with Gasteiger partial charge in [-0.25, -0.2) is 0 Å². The van der Waals surface area contributed by atoms with E-state index < -0.39 is 0 Å². The van der Waals surface area contributed by atoms with Crippen molar-refractivity contribution in [2.75, 3.05) is 26.2 Å². The molecule has 0 saturated carbocycles. The third-order valence-electron chi connectivity index (χ3n) is 3.76. The molecule has 0 aromatic heterocycles. The molecule has 1 spiro atoms. The van der Waals surface area contributed by atoms with E-state index in [0.717, 1.165) is 6.04 Å². The smallest absolute Gasteiger partial charge is 0.00533 e. The molecule has 2 aliphatic heterocycles. The van der Waals surface area contributed by atoms with Gasteiger partial charge in [-0.15, -0.1) is 0 Å². The summed E-state index contributed by atoms with van der Waals surface area (Å²) in [6.45, 7) is 9.78. The first-order valence-electron chi connectivity index (χ1n) is 5.67. The lowest BCUT2D eigenvalue weighted by molar-refractivity contribution is 0.185. The largest absolute Gasteiger partial charge is 0.316 e. The molecule has 2 heterocycles. The second-order valence-electron chi connectivity index (χ2n) is 5.09. The van der Waals surface area contributed by atoms with E-state index in [1.807, 2.05) is 0 Å². The number of nitrogens with one attached hydrogen (secondary N) is 1. The second-order valence-corrected chi connectivity index (χ2v) is 5.09. The molecule has 0 aliphatic carbocycles. The van der Waals surface area contributed by atoms with Crippen LogP contribution in [0.25, 0.3) is 0 Å². The van der Waals surface area contributed by atoms with Crippen LogP contribution in [0.4, 0.5) is 0 Å². The summed E-state index contributed by atoms with van der Waals surface area (Å²) in [5.41, 5.74) is 0.641. The maximum atomic E-state index is 3.55. The zero-order valence-electron chi connectivity index (χ0n) is 8.97. The van der Waals surface area contributed by atoms with Gasteiger partial charge < -0.3 is 10.2 Å². The monoisotopic (exact) mass is 182 g/mol. The fourth-order valence-corrected chi connectivity index (χ4v) is 2.79. The Morgan fingerprint density at radius 1 is 1.31 bits per heavy atom. The number of hydrogen-bond donors (Lipinski definition) is 1. The van der Waals surface area contributed by atoms with Crippen molar-refractivity contribution < 1.29 is 0 Å². The number of rotatable bonds is 1. The maximum absolute atomic E-state index is 3.55. The highest BCUT2D eigenvalue weighted by Crippen LogP contribution is 2.36. The van der Waals surface area contributed by atoms with E-state index in [0.29, 0.717) is 5.41 Å². The molecule has 0 radical (unpaired) electrons. The lowest BCUT2D eigenvalue weighted by Crippen LogP contribution is -2.42. The van der Waals surface area contributed by atoms with Crippen LogP contribution >= 0.6 is 0 Å². The van der Waals surface area contributed by atoms with Crippen LogP contribution in [0.5, 0.6) is 0 Å². The number of likely N-dealkylation sites (tertiary alicyclic amines) is 1. The zero-order chi connectivity index (χ0) is 9.31. The average Bonchev–Trinajstić information content (AvgIpc) is 2.51. The van der Waals surface area contributed by atoms with E-state index in [9.17, 15) is 0 Å². The summed E-state index contributed by atoms with van der Waals surface area (Å²) >= 11 is 0. The molecule has 1 N–H and O–H groups in total. The summed E-state index contributed by atoms with van der Waals surface area (Å²) in [6, 6.07) is 0.737. The van der Waals surface area contributed by atoms with Crippen molar-refractivity contribution >= 4 is 0 Å². The van der Waals surface area contributed by atoms with Crippen LogP contribution in [0.15, 0.2) is 0 Å². The summed E-state index contributed by atoms with van der Waals surface area (Å²) in [5.74, 6) is 0. The van der Waals surface area contributed by atoms with Crippen LogP contribution in [0.3, 0.4) is 0 Å². The van der Waals surface area contributed by atoms with Gasteiger partial charge in [0, 0.05) is 19.1 Å². The van der Waals surface area contributed by atoms with Crippen LogP contribution in [-0.2, 0) is 0 Å². The van der Waals surface area contributed by atoms with E-state index in [-0.39, 0.29) is 0 Å². The highest BCUT2D eigenvalue weighted by molar-refractivity contribution is 4.94. The average molecular weight is 182 g/mol. The van der Waals surface area contributed by atoms with Crippen LogP contribution in [0.1, 0.15) is 33.1 Å². The summed E-state index contributed by atoms with van der Waals surface area (Å²) in [5, 5.41) is 3.55. The van der Waals surface area contributed by atoms with E-state index in [4.69, 9.17) is 0 Å². The molecule has 2 fully saturated rings. The van der Waals surface area contributed by atoms with Crippen molar-refractivity contribution in [1.82, 2.24) is 10.2 Å². The SMILES string of the molecule is CC(C)N1CCC2(CCCNC2)C1. The highest BCUT2D eigenvalue weighted by atomic mass is 15.2. The number of nitrogens with zero attached hydrogens (tertiary/aromatic N) is 1. The lowest BCUT2D eigenvalue weighted by Gasteiger charge is -2.34. The maximum Gasteiger partial charge on any atom is 0.00533 e. The second kappa shape index (κ2) is 3.58. The van der Waals surface area contributed by atoms with Gasteiger partial charge in [0.2, 0.25) is 0 Å². The predicted octanol–water partition coefficient (Wildman–Crippen LogP) is 1.47. The number of hydrogen-bond acceptors (Lipinski definition) is 2.